The van der Waals surface area contributed by atoms with Gasteiger partial charge in [0, 0.05) is 29.1 Å². The van der Waals surface area contributed by atoms with Gasteiger partial charge in [-0.25, -0.2) is 5.48 Å². The van der Waals surface area contributed by atoms with Crippen molar-refractivity contribution in [3.05, 3.63) is 72.0 Å². The van der Waals surface area contributed by atoms with Crippen LogP contribution in [0.25, 0.3) is 16.5 Å². The van der Waals surface area contributed by atoms with E-state index in [2.05, 4.69) is 10.2 Å². The van der Waals surface area contributed by atoms with Crippen LogP contribution in [0.15, 0.2) is 65.1 Å². The first-order chi connectivity index (χ1) is 15.6. The highest BCUT2D eigenvalue weighted by Crippen LogP contribution is 2.26. The molecule has 1 aromatic heterocycles. The summed E-state index contributed by atoms with van der Waals surface area (Å²) < 4.78 is 11.6. The molecule has 0 atom stereocenters. The van der Waals surface area contributed by atoms with E-state index in [0.717, 1.165) is 29.6 Å². The van der Waals surface area contributed by atoms with E-state index in [-0.39, 0.29) is 12.5 Å². The molecule has 1 saturated heterocycles. The number of nitrogens with zero attached hydrogens (tertiary/aromatic N) is 1. The van der Waals surface area contributed by atoms with Crippen molar-refractivity contribution in [1.82, 2.24) is 15.7 Å². The van der Waals surface area contributed by atoms with Gasteiger partial charge >= 0.3 is 0 Å². The van der Waals surface area contributed by atoms with Gasteiger partial charge in [0.15, 0.2) is 0 Å². The number of furan rings is 1. The van der Waals surface area contributed by atoms with Gasteiger partial charge in [0.25, 0.3) is 5.91 Å². The summed E-state index contributed by atoms with van der Waals surface area (Å²) in [5.74, 6) is 0.468. The SMILES string of the molecule is O=C(/C=C(/CN1CCC1)c1cc2ccccc2o1)NCCOc1ccc(C(=O)NO)cc1. The first-order valence-corrected chi connectivity index (χ1v) is 10.5. The minimum Gasteiger partial charge on any atom is -0.492 e. The number of benzene rings is 2. The van der Waals surface area contributed by atoms with Crippen LogP contribution in [0, 0.1) is 0 Å². The first-order valence-electron chi connectivity index (χ1n) is 10.5. The Morgan fingerprint density at radius 1 is 1.12 bits per heavy atom. The molecule has 8 heteroatoms. The number of carbonyl (C=O) groups excluding carboxylic acids is 2. The Hall–Kier alpha value is -3.62. The van der Waals surface area contributed by atoms with E-state index in [0.29, 0.717) is 30.2 Å². The molecular weight excluding hydrogens is 410 g/mol. The second-order valence-electron chi connectivity index (χ2n) is 7.55. The van der Waals surface area contributed by atoms with Gasteiger partial charge in [0.2, 0.25) is 5.91 Å². The van der Waals surface area contributed by atoms with Crippen LogP contribution in [0.3, 0.4) is 0 Å². The lowest BCUT2D eigenvalue weighted by Gasteiger charge is -2.31. The largest absolute Gasteiger partial charge is 0.492 e. The van der Waals surface area contributed by atoms with E-state index in [1.165, 1.54) is 18.6 Å². The third-order valence-corrected chi connectivity index (χ3v) is 5.28. The van der Waals surface area contributed by atoms with Crippen LogP contribution in [-0.4, -0.2) is 54.7 Å². The van der Waals surface area contributed by atoms with Crippen LogP contribution in [0.5, 0.6) is 5.75 Å². The highest BCUT2D eigenvalue weighted by atomic mass is 16.5. The molecule has 2 heterocycles. The quantitative estimate of drug-likeness (QED) is 0.207. The molecule has 8 nitrogen and oxygen atoms in total. The monoisotopic (exact) mass is 435 g/mol. The summed E-state index contributed by atoms with van der Waals surface area (Å²) in [5, 5.41) is 12.5. The number of carbonyl (C=O) groups is 2. The minimum atomic E-state index is -0.589. The van der Waals surface area contributed by atoms with Crippen molar-refractivity contribution < 1.29 is 24.0 Å². The molecule has 32 heavy (non-hydrogen) atoms. The second-order valence-corrected chi connectivity index (χ2v) is 7.55. The summed E-state index contributed by atoms with van der Waals surface area (Å²) in [4.78, 5) is 26.1. The van der Waals surface area contributed by atoms with E-state index in [9.17, 15) is 9.59 Å². The number of nitrogens with one attached hydrogen (secondary N) is 2. The fraction of sp³-hybridized carbons (Fsp3) is 0.250. The van der Waals surface area contributed by atoms with Crippen LogP contribution in [0.2, 0.25) is 0 Å². The minimum absolute atomic E-state index is 0.209. The molecule has 2 amide bonds. The highest BCUT2D eigenvalue weighted by molar-refractivity contribution is 5.96. The average molecular weight is 435 g/mol. The molecule has 0 saturated carbocycles. The number of hydroxylamine groups is 1. The molecule has 3 aromatic rings. The Morgan fingerprint density at radius 3 is 2.59 bits per heavy atom. The lowest BCUT2D eigenvalue weighted by atomic mass is 10.1. The Labute approximate surface area is 185 Å². The number of ether oxygens (including phenoxy) is 1. The summed E-state index contributed by atoms with van der Waals surface area (Å²) in [5.41, 5.74) is 3.54. The number of rotatable bonds is 9. The summed E-state index contributed by atoms with van der Waals surface area (Å²) in [6, 6.07) is 16.1. The number of amides is 2. The van der Waals surface area contributed by atoms with Gasteiger partial charge in [-0.05, 0) is 55.9 Å². The maximum atomic E-state index is 12.5. The summed E-state index contributed by atoms with van der Waals surface area (Å²) >= 11 is 0. The lowest BCUT2D eigenvalue weighted by Crippen LogP contribution is -2.38. The molecule has 3 N–H and O–H groups in total. The molecule has 4 rings (SSSR count). The number of fused-ring (bicyclic) bond motifs is 1. The fourth-order valence-corrected chi connectivity index (χ4v) is 3.44. The van der Waals surface area contributed by atoms with Crippen molar-refractivity contribution in [3.8, 4) is 5.75 Å². The van der Waals surface area contributed by atoms with Gasteiger partial charge in [-0.2, -0.15) is 0 Å². The van der Waals surface area contributed by atoms with Crippen molar-refractivity contribution in [2.24, 2.45) is 0 Å². The molecule has 1 aliphatic heterocycles. The number of hydrogen-bond acceptors (Lipinski definition) is 6. The van der Waals surface area contributed by atoms with Crippen molar-refractivity contribution in [2.75, 3.05) is 32.8 Å². The third kappa shape index (κ3) is 5.35. The zero-order valence-corrected chi connectivity index (χ0v) is 17.5. The van der Waals surface area contributed by atoms with Crippen LogP contribution in [0.4, 0.5) is 0 Å². The topological polar surface area (TPSA) is 104 Å². The van der Waals surface area contributed by atoms with Gasteiger partial charge in [-0.3, -0.25) is 19.7 Å². The zero-order chi connectivity index (χ0) is 22.3. The molecular formula is C24H25N3O5. The molecule has 2 aromatic carbocycles. The summed E-state index contributed by atoms with van der Waals surface area (Å²) in [6.07, 6.45) is 2.76. The van der Waals surface area contributed by atoms with Gasteiger partial charge in [0.05, 0.1) is 6.54 Å². The molecule has 1 fully saturated rings. The third-order valence-electron chi connectivity index (χ3n) is 5.28. The predicted molar refractivity (Wildman–Crippen MR) is 119 cm³/mol. The maximum absolute atomic E-state index is 12.5. The van der Waals surface area contributed by atoms with Gasteiger partial charge in [-0.15, -0.1) is 0 Å². The summed E-state index contributed by atoms with van der Waals surface area (Å²) in [6.45, 7) is 3.30. The van der Waals surface area contributed by atoms with Crippen LogP contribution >= 0.6 is 0 Å². The zero-order valence-electron chi connectivity index (χ0n) is 17.5. The van der Waals surface area contributed by atoms with E-state index < -0.39 is 5.91 Å². The van der Waals surface area contributed by atoms with Gasteiger partial charge < -0.3 is 14.5 Å². The summed E-state index contributed by atoms with van der Waals surface area (Å²) in [7, 11) is 0. The Kier molecular flexibility index (Phi) is 6.84. The van der Waals surface area contributed by atoms with Crippen LogP contribution < -0.4 is 15.5 Å². The molecule has 0 spiro atoms. The predicted octanol–water partition coefficient (Wildman–Crippen LogP) is 2.84. The van der Waals surface area contributed by atoms with Crippen molar-refractivity contribution in [1.29, 1.82) is 0 Å². The average Bonchev–Trinajstić information content (AvgIpc) is 3.22. The van der Waals surface area contributed by atoms with E-state index in [4.69, 9.17) is 14.4 Å². The number of likely N-dealkylation sites (tertiary alicyclic amines) is 1. The molecule has 0 aliphatic carbocycles. The van der Waals surface area contributed by atoms with E-state index in [1.807, 2.05) is 30.3 Å². The van der Waals surface area contributed by atoms with Crippen molar-refractivity contribution in [3.63, 3.8) is 0 Å². The lowest BCUT2D eigenvalue weighted by molar-refractivity contribution is -0.116. The van der Waals surface area contributed by atoms with Gasteiger partial charge in [-0.1, -0.05) is 18.2 Å². The highest BCUT2D eigenvalue weighted by Gasteiger charge is 2.19. The fourth-order valence-electron chi connectivity index (χ4n) is 3.44. The molecule has 166 valence electrons. The Bertz CT molecular complexity index is 1080. The smallest absolute Gasteiger partial charge is 0.274 e. The van der Waals surface area contributed by atoms with Crippen LogP contribution in [-0.2, 0) is 4.79 Å². The van der Waals surface area contributed by atoms with Crippen LogP contribution in [0.1, 0.15) is 22.5 Å². The maximum Gasteiger partial charge on any atom is 0.274 e. The Balaban J connectivity index is 1.33. The molecule has 0 radical (unpaired) electrons. The normalized spacial score (nSPS) is 14.1. The molecule has 0 unspecified atom stereocenters. The Morgan fingerprint density at radius 2 is 1.91 bits per heavy atom. The van der Waals surface area contributed by atoms with Gasteiger partial charge in [0.1, 0.15) is 23.7 Å². The first kappa shape index (κ1) is 21.6. The standard InChI is InChI=1S/C24H25N3O5/c28-23(25-10-13-31-20-8-6-17(7-9-20)24(29)26-30)15-19(16-27-11-3-12-27)22-14-18-4-1-2-5-21(18)32-22/h1-2,4-9,14-15,30H,3,10-13,16H2,(H,25,28)(H,26,29)/b19-15-. The number of hydrogen-bond donors (Lipinski definition) is 3. The van der Waals surface area contributed by atoms with E-state index in [1.54, 1.807) is 23.7 Å². The number of para-hydroxylation sites is 1. The van der Waals surface area contributed by atoms with E-state index >= 15 is 0 Å². The second kappa shape index (κ2) is 10.1. The molecule has 0 bridgehead atoms. The van der Waals surface area contributed by atoms with Crippen molar-refractivity contribution in [2.45, 2.75) is 6.42 Å². The molecule has 1 aliphatic rings. The van der Waals surface area contributed by atoms with Crippen molar-refractivity contribution >= 4 is 28.4 Å².